The fraction of sp³-hybridized carbons (Fsp3) is 0.0769. The van der Waals surface area contributed by atoms with Crippen LogP contribution >= 0.6 is 0 Å². The van der Waals surface area contributed by atoms with E-state index in [4.69, 9.17) is 5.10 Å². The molecular weight excluding hydrogens is 453 g/mol. The van der Waals surface area contributed by atoms with Gasteiger partial charge in [0.05, 0.1) is 22.0 Å². The minimum Gasteiger partial charge on any atom is -0.320 e. The summed E-state index contributed by atoms with van der Waals surface area (Å²) >= 11 is 0. The Kier molecular flexibility index (Phi) is 6.43. The van der Waals surface area contributed by atoms with Crippen LogP contribution < -0.4 is 5.32 Å². The first-order chi connectivity index (χ1) is 16.2. The molecule has 34 heavy (non-hydrogen) atoms. The zero-order valence-corrected chi connectivity index (χ0v) is 19.4. The van der Waals surface area contributed by atoms with Crippen molar-refractivity contribution in [2.75, 3.05) is 11.6 Å². The third-order valence-corrected chi connectivity index (χ3v) is 6.24. The number of halogens is 1. The van der Waals surface area contributed by atoms with Crippen molar-refractivity contribution < 1.29 is 17.6 Å². The van der Waals surface area contributed by atoms with Gasteiger partial charge in [-0.05, 0) is 43.3 Å². The molecule has 0 spiro atoms. The SMILES string of the molecule is Cc1ccc(-c2nn(-c3ccccc3)cc2/C=C/C(=O)Nc2cc(S(C)(=O)=O)ccc2F)cc1. The molecule has 1 amide bonds. The smallest absolute Gasteiger partial charge is 0.248 e. The Morgan fingerprint density at radius 1 is 1.03 bits per heavy atom. The monoisotopic (exact) mass is 475 g/mol. The minimum atomic E-state index is -3.54. The van der Waals surface area contributed by atoms with E-state index in [9.17, 15) is 17.6 Å². The van der Waals surface area contributed by atoms with Crippen LogP contribution in [0, 0.1) is 12.7 Å². The van der Waals surface area contributed by atoms with Crippen molar-refractivity contribution in [2.24, 2.45) is 0 Å². The number of hydrogen-bond acceptors (Lipinski definition) is 4. The Morgan fingerprint density at radius 2 is 1.74 bits per heavy atom. The van der Waals surface area contributed by atoms with Crippen LogP contribution in [0.3, 0.4) is 0 Å². The molecule has 0 bridgehead atoms. The summed E-state index contributed by atoms with van der Waals surface area (Å²) < 4.78 is 39.4. The van der Waals surface area contributed by atoms with Crippen molar-refractivity contribution in [2.45, 2.75) is 11.8 Å². The number of aryl methyl sites for hydroxylation is 1. The van der Waals surface area contributed by atoms with Crippen LogP contribution in [0.4, 0.5) is 10.1 Å². The number of anilines is 1. The van der Waals surface area contributed by atoms with Crippen molar-refractivity contribution in [3.8, 4) is 16.9 Å². The Bertz CT molecular complexity index is 1480. The lowest BCUT2D eigenvalue weighted by molar-refractivity contribution is -0.111. The maximum atomic E-state index is 14.1. The molecule has 8 heteroatoms. The van der Waals surface area contributed by atoms with Crippen molar-refractivity contribution in [3.05, 3.63) is 102 Å². The molecule has 0 atom stereocenters. The number of carbonyl (C=O) groups is 1. The Labute approximate surface area is 197 Å². The normalized spacial score (nSPS) is 11.6. The lowest BCUT2D eigenvalue weighted by atomic mass is 10.1. The van der Waals surface area contributed by atoms with Crippen LogP contribution in [0.2, 0.25) is 0 Å². The van der Waals surface area contributed by atoms with Crippen molar-refractivity contribution in [1.29, 1.82) is 0 Å². The number of hydrogen-bond donors (Lipinski definition) is 1. The van der Waals surface area contributed by atoms with E-state index >= 15 is 0 Å². The summed E-state index contributed by atoms with van der Waals surface area (Å²) in [7, 11) is -3.54. The van der Waals surface area contributed by atoms with E-state index in [1.165, 1.54) is 6.08 Å². The summed E-state index contributed by atoms with van der Waals surface area (Å²) in [6, 6.07) is 20.7. The van der Waals surface area contributed by atoms with Crippen LogP contribution in [0.5, 0.6) is 0 Å². The predicted octanol–water partition coefficient (Wildman–Crippen LogP) is 5.04. The van der Waals surface area contributed by atoms with Crippen LogP contribution in [-0.4, -0.2) is 30.4 Å². The fourth-order valence-corrected chi connectivity index (χ4v) is 3.98. The molecule has 3 aromatic carbocycles. The molecule has 0 aliphatic carbocycles. The summed E-state index contributed by atoms with van der Waals surface area (Å²) in [5.74, 6) is -1.33. The van der Waals surface area contributed by atoms with Gasteiger partial charge in [0.2, 0.25) is 5.91 Å². The molecule has 6 nitrogen and oxygen atoms in total. The van der Waals surface area contributed by atoms with Crippen molar-refractivity contribution in [1.82, 2.24) is 9.78 Å². The highest BCUT2D eigenvalue weighted by Gasteiger charge is 2.14. The largest absolute Gasteiger partial charge is 0.320 e. The molecule has 0 saturated carbocycles. The van der Waals surface area contributed by atoms with Crippen LogP contribution in [-0.2, 0) is 14.6 Å². The number of carbonyl (C=O) groups excluding carboxylic acids is 1. The van der Waals surface area contributed by atoms with Gasteiger partial charge in [0.15, 0.2) is 9.84 Å². The number of para-hydroxylation sites is 1. The summed E-state index contributed by atoms with van der Waals surface area (Å²) in [5.41, 5.74) is 4.01. The molecule has 4 rings (SSSR count). The maximum Gasteiger partial charge on any atom is 0.248 e. The number of nitrogens with zero attached hydrogens (tertiary/aromatic N) is 2. The van der Waals surface area contributed by atoms with Gasteiger partial charge >= 0.3 is 0 Å². The molecule has 1 aromatic heterocycles. The van der Waals surface area contributed by atoms with Gasteiger partial charge in [0.25, 0.3) is 0 Å². The molecule has 0 saturated heterocycles. The van der Waals surface area contributed by atoms with Crippen molar-refractivity contribution >= 4 is 27.5 Å². The molecular formula is C26H22FN3O3S. The maximum absolute atomic E-state index is 14.1. The molecule has 1 heterocycles. The van der Waals surface area contributed by atoms with Gasteiger partial charge < -0.3 is 5.32 Å². The highest BCUT2D eigenvalue weighted by molar-refractivity contribution is 7.90. The van der Waals surface area contributed by atoms with Gasteiger partial charge in [0, 0.05) is 29.7 Å². The van der Waals surface area contributed by atoms with E-state index in [2.05, 4.69) is 5.32 Å². The molecule has 0 fully saturated rings. The number of amides is 1. The zero-order chi connectivity index (χ0) is 24.3. The van der Waals surface area contributed by atoms with Gasteiger partial charge in [-0.15, -0.1) is 0 Å². The van der Waals surface area contributed by atoms with Crippen LogP contribution in [0.1, 0.15) is 11.1 Å². The molecule has 4 aromatic rings. The summed E-state index contributed by atoms with van der Waals surface area (Å²) in [4.78, 5) is 12.4. The van der Waals surface area contributed by atoms with E-state index < -0.39 is 21.6 Å². The topological polar surface area (TPSA) is 81.1 Å². The van der Waals surface area contributed by atoms with E-state index in [-0.39, 0.29) is 10.6 Å². The number of rotatable bonds is 6. The Morgan fingerprint density at radius 3 is 2.41 bits per heavy atom. The van der Waals surface area contributed by atoms with Crippen molar-refractivity contribution in [3.63, 3.8) is 0 Å². The lowest BCUT2D eigenvalue weighted by Crippen LogP contribution is -2.10. The zero-order valence-electron chi connectivity index (χ0n) is 18.6. The fourth-order valence-electron chi connectivity index (χ4n) is 3.33. The highest BCUT2D eigenvalue weighted by atomic mass is 32.2. The molecule has 172 valence electrons. The highest BCUT2D eigenvalue weighted by Crippen LogP contribution is 2.26. The van der Waals surface area contributed by atoms with Crippen LogP contribution in [0.25, 0.3) is 23.0 Å². The average molecular weight is 476 g/mol. The molecule has 0 aliphatic rings. The number of nitrogens with one attached hydrogen (secondary N) is 1. The van der Waals surface area contributed by atoms with E-state index in [0.717, 1.165) is 41.3 Å². The van der Waals surface area contributed by atoms with E-state index in [1.54, 1.807) is 17.0 Å². The lowest BCUT2D eigenvalue weighted by Gasteiger charge is -2.06. The standard InChI is InChI=1S/C26H22FN3O3S/c1-18-8-10-19(11-9-18)26-20(17-30(29-26)21-6-4-3-5-7-21)12-15-25(31)28-24-16-22(34(2,32)33)13-14-23(24)27/h3-17H,1-2H3,(H,28,31)/b15-12+. The molecule has 1 N–H and O–H groups in total. The van der Waals surface area contributed by atoms with Gasteiger partial charge in [-0.25, -0.2) is 17.5 Å². The molecule has 0 aliphatic heterocycles. The number of sulfone groups is 1. The second-order valence-electron chi connectivity index (χ2n) is 7.82. The number of aromatic nitrogens is 2. The summed E-state index contributed by atoms with van der Waals surface area (Å²) in [6.45, 7) is 2.00. The first-order valence-electron chi connectivity index (χ1n) is 10.4. The predicted molar refractivity (Wildman–Crippen MR) is 131 cm³/mol. The second-order valence-corrected chi connectivity index (χ2v) is 9.83. The van der Waals surface area contributed by atoms with E-state index in [1.807, 2.05) is 61.5 Å². The minimum absolute atomic E-state index is 0.0843. The first-order valence-corrected chi connectivity index (χ1v) is 12.3. The Balaban J connectivity index is 1.65. The van der Waals surface area contributed by atoms with Gasteiger partial charge in [0.1, 0.15) is 5.82 Å². The van der Waals surface area contributed by atoms with Gasteiger partial charge in [-0.1, -0.05) is 48.0 Å². The van der Waals surface area contributed by atoms with Gasteiger partial charge in [-0.2, -0.15) is 5.10 Å². The summed E-state index contributed by atoms with van der Waals surface area (Å²) in [5, 5.41) is 7.11. The third-order valence-electron chi connectivity index (χ3n) is 5.13. The Hall–Kier alpha value is -4.04. The first kappa shape index (κ1) is 23.1. The van der Waals surface area contributed by atoms with Gasteiger partial charge in [-0.3, -0.25) is 4.79 Å². The average Bonchev–Trinajstić information content (AvgIpc) is 3.24. The molecule has 0 radical (unpaired) electrons. The van der Waals surface area contributed by atoms with Crippen LogP contribution in [0.15, 0.2) is 90.0 Å². The van der Waals surface area contributed by atoms with E-state index in [0.29, 0.717) is 11.3 Å². The quantitative estimate of drug-likeness (QED) is 0.313. The second kappa shape index (κ2) is 9.44. The number of benzene rings is 3. The third kappa shape index (κ3) is 5.29. The summed E-state index contributed by atoms with van der Waals surface area (Å²) in [6.07, 6.45) is 5.67. The molecule has 0 unspecified atom stereocenters.